The van der Waals surface area contributed by atoms with E-state index in [0.29, 0.717) is 5.92 Å². The van der Waals surface area contributed by atoms with Crippen LogP contribution in [0.15, 0.2) is 36.7 Å². The predicted octanol–water partition coefficient (Wildman–Crippen LogP) is 5.16. The lowest BCUT2D eigenvalue weighted by atomic mass is 9.89. The number of hydrogen-bond acceptors (Lipinski definition) is 1. The lowest BCUT2D eigenvalue weighted by molar-refractivity contribution is -0.671. The summed E-state index contributed by atoms with van der Waals surface area (Å²) in [5, 5.41) is 0. The van der Waals surface area contributed by atoms with Gasteiger partial charge in [0.25, 0.3) is 0 Å². The second kappa shape index (κ2) is 23.3. The van der Waals surface area contributed by atoms with Gasteiger partial charge < -0.3 is 18.1 Å². The van der Waals surface area contributed by atoms with Gasteiger partial charge in [-0.25, -0.2) is 4.57 Å². The molecule has 0 bridgehead atoms. The minimum Gasteiger partial charge on any atom is -1.00 e. The quantitative estimate of drug-likeness (QED) is 0.152. The molecular weight excluding hydrogens is 412 g/mol. The molecule has 32 heavy (non-hydrogen) atoms. The van der Waals surface area contributed by atoms with Crippen LogP contribution < -0.4 is 22.7 Å². The topological polar surface area (TPSA) is 29.9 Å². The van der Waals surface area contributed by atoms with Crippen LogP contribution in [0.3, 0.4) is 0 Å². The number of allylic oxidation sites excluding steroid dienone is 2. The van der Waals surface area contributed by atoms with Crippen LogP contribution in [-0.4, -0.2) is 6.54 Å². The molecule has 1 atom stereocenters. The number of aryl methyl sites for hydroxylation is 1. The number of rotatable bonds is 21. The van der Waals surface area contributed by atoms with Crippen molar-refractivity contribution in [3.63, 3.8) is 0 Å². The van der Waals surface area contributed by atoms with Crippen LogP contribution in [-0.2, 0) is 7.05 Å². The Labute approximate surface area is 206 Å². The zero-order valence-corrected chi connectivity index (χ0v) is 22.1. The van der Waals surface area contributed by atoms with Gasteiger partial charge in [-0.3, -0.25) is 0 Å². The Morgan fingerprint density at radius 2 is 1.19 bits per heavy atom. The fourth-order valence-corrected chi connectivity index (χ4v) is 4.44. The largest absolute Gasteiger partial charge is 1.00 e. The summed E-state index contributed by atoms with van der Waals surface area (Å²) in [4.78, 5) is 0. The van der Waals surface area contributed by atoms with E-state index in [9.17, 15) is 0 Å². The maximum absolute atomic E-state index is 5.71. The van der Waals surface area contributed by atoms with Gasteiger partial charge in [0, 0.05) is 12.1 Å². The van der Waals surface area contributed by atoms with Gasteiger partial charge in [-0.05, 0) is 63.0 Å². The van der Waals surface area contributed by atoms with Crippen molar-refractivity contribution in [2.24, 2.45) is 12.8 Å². The molecule has 1 aromatic heterocycles. The van der Waals surface area contributed by atoms with Crippen molar-refractivity contribution < 1.29 is 17.0 Å². The molecule has 0 saturated heterocycles. The van der Waals surface area contributed by atoms with Gasteiger partial charge in [-0.2, -0.15) is 0 Å². The van der Waals surface area contributed by atoms with Crippen molar-refractivity contribution in [1.82, 2.24) is 0 Å². The average Bonchev–Trinajstić information content (AvgIpc) is 2.78. The summed E-state index contributed by atoms with van der Waals surface area (Å²) in [6, 6.07) is 4.63. The van der Waals surface area contributed by atoms with Gasteiger partial charge in [-0.1, -0.05) is 89.7 Å². The molecule has 3 heteroatoms. The zero-order chi connectivity index (χ0) is 22.4. The minimum absolute atomic E-state index is 0. The molecule has 0 amide bonds. The number of unbranched alkanes of at least 4 members (excludes halogenated alkanes) is 13. The first kappa shape index (κ1) is 31.1. The highest BCUT2D eigenvalue weighted by molar-refractivity contribution is 5.13. The Hall–Kier alpha value is -0.860. The first-order valence-electron chi connectivity index (χ1n) is 13.6. The molecule has 0 aromatic carbocycles. The van der Waals surface area contributed by atoms with E-state index in [4.69, 9.17) is 5.73 Å². The van der Waals surface area contributed by atoms with E-state index in [1.165, 1.54) is 115 Å². The van der Waals surface area contributed by atoms with E-state index in [-0.39, 0.29) is 12.4 Å². The Balaban J connectivity index is 0.00000961. The maximum Gasteiger partial charge on any atom is 0.168 e. The fraction of sp³-hybridized carbons (Fsp3) is 0.759. The molecule has 0 aliphatic rings. The van der Waals surface area contributed by atoms with Gasteiger partial charge in [0.2, 0.25) is 0 Å². The molecule has 1 unspecified atom stereocenters. The normalized spacial score (nSPS) is 12.2. The Bertz CT molecular complexity index is 526. The van der Waals surface area contributed by atoms with E-state index in [1.807, 2.05) is 0 Å². The zero-order valence-electron chi connectivity index (χ0n) is 21.4. The first-order chi connectivity index (χ1) is 15.3. The Morgan fingerprint density at radius 1 is 0.719 bits per heavy atom. The molecule has 1 rings (SSSR count). The average molecular weight is 465 g/mol. The van der Waals surface area contributed by atoms with E-state index in [1.54, 1.807) is 0 Å². The van der Waals surface area contributed by atoms with E-state index < -0.39 is 0 Å². The number of halogens is 1. The second-order valence-electron chi connectivity index (χ2n) is 9.50. The Kier molecular flexibility index (Phi) is 22.7. The number of hydrogen-bond donors (Lipinski definition) is 1. The highest BCUT2D eigenvalue weighted by atomic mass is 35.5. The van der Waals surface area contributed by atoms with Crippen LogP contribution >= 0.6 is 0 Å². The summed E-state index contributed by atoms with van der Waals surface area (Å²) < 4.78 is 2.13. The third kappa shape index (κ3) is 17.7. The number of pyridine rings is 1. The molecule has 2 nitrogen and oxygen atoms in total. The summed E-state index contributed by atoms with van der Waals surface area (Å²) in [6.07, 6.45) is 33.6. The van der Waals surface area contributed by atoms with Crippen LogP contribution in [0.2, 0.25) is 0 Å². The van der Waals surface area contributed by atoms with Gasteiger partial charge in [-0.15, -0.1) is 0 Å². The molecule has 0 fully saturated rings. The van der Waals surface area contributed by atoms with Crippen molar-refractivity contribution in [1.29, 1.82) is 0 Å². The van der Waals surface area contributed by atoms with Crippen LogP contribution in [0.5, 0.6) is 0 Å². The van der Waals surface area contributed by atoms with Crippen molar-refractivity contribution in [3.8, 4) is 0 Å². The molecule has 186 valence electrons. The van der Waals surface area contributed by atoms with Gasteiger partial charge in [0.15, 0.2) is 12.4 Å². The highest BCUT2D eigenvalue weighted by Gasteiger charge is 2.12. The van der Waals surface area contributed by atoms with Crippen LogP contribution in [0, 0.1) is 0 Å². The molecule has 1 heterocycles. The summed E-state index contributed by atoms with van der Waals surface area (Å²) >= 11 is 0. The third-order valence-electron chi connectivity index (χ3n) is 6.55. The molecule has 0 aliphatic heterocycles. The van der Waals surface area contributed by atoms with Crippen molar-refractivity contribution >= 4 is 0 Å². The van der Waals surface area contributed by atoms with Crippen molar-refractivity contribution in [2.45, 2.75) is 128 Å². The molecule has 1 aromatic rings. The minimum atomic E-state index is 0. The standard InChI is InChI=1S/C29H53N2.ClH/c1-3-4-5-6-7-8-9-10-11-12-13-14-15-16-17-18-21-28(22-19-20-25-30)29-23-26-31(2)27-24-29;/h10-11,23-24,26-28H,3-9,12-22,25,30H2,1-2H3;1H/q+1;/p-1. The van der Waals surface area contributed by atoms with E-state index >= 15 is 0 Å². The molecule has 0 aliphatic carbocycles. The molecule has 0 saturated carbocycles. The summed E-state index contributed by atoms with van der Waals surface area (Å²) in [7, 11) is 2.10. The monoisotopic (exact) mass is 464 g/mol. The molecule has 0 spiro atoms. The van der Waals surface area contributed by atoms with Crippen LogP contribution in [0.4, 0.5) is 0 Å². The van der Waals surface area contributed by atoms with Crippen molar-refractivity contribution in [2.75, 3.05) is 6.54 Å². The van der Waals surface area contributed by atoms with Crippen molar-refractivity contribution in [3.05, 3.63) is 42.2 Å². The smallest absolute Gasteiger partial charge is 0.168 e. The second-order valence-corrected chi connectivity index (χ2v) is 9.50. The Morgan fingerprint density at radius 3 is 1.72 bits per heavy atom. The molecular formula is C29H53ClN2. The lowest BCUT2D eigenvalue weighted by Crippen LogP contribution is -3.00. The molecule has 0 radical (unpaired) electrons. The van der Waals surface area contributed by atoms with Gasteiger partial charge in [0.1, 0.15) is 7.05 Å². The van der Waals surface area contributed by atoms with Gasteiger partial charge >= 0.3 is 0 Å². The highest BCUT2D eigenvalue weighted by Crippen LogP contribution is 2.27. The number of nitrogens with zero attached hydrogens (tertiary/aromatic N) is 1. The SMILES string of the molecule is CCCCCCCCC=CCCCCCCCCC(CCCCN)c1cc[n+](C)cc1.[Cl-]. The first-order valence-corrected chi connectivity index (χ1v) is 13.6. The number of nitrogens with two attached hydrogens (primary N) is 1. The lowest BCUT2D eigenvalue weighted by Gasteiger charge is -2.16. The predicted molar refractivity (Wildman–Crippen MR) is 137 cm³/mol. The van der Waals surface area contributed by atoms with Crippen LogP contribution in [0.1, 0.15) is 134 Å². The summed E-state index contributed by atoms with van der Waals surface area (Å²) in [5.74, 6) is 0.713. The third-order valence-corrected chi connectivity index (χ3v) is 6.55. The molecule has 2 N–H and O–H groups in total. The summed E-state index contributed by atoms with van der Waals surface area (Å²) in [5.41, 5.74) is 7.22. The maximum atomic E-state index is 5.71. The number of aromatic nitrogens is 1. The van der Waals surface area contributed by atoms with E-state index in [0.717, 1.165) is 13.0 Å². The fourth-order valence-electron chi connectivity index (χ4n) is 4.44. The van der Waals surface area contributed by atoms with Gasteiger partial charge in [0.05, 0.1) is 0 Å². The summed E-state index contributed by atoms with van der Waals surface area (Å²) in [6.45, 7) is 3.11. The van der Waals surface area contributed by atoms with E-state index in [2.05, 4.69) is 55.2 Å². The van der Waals surface area contributed by atoms with Crippen LogP contribution in [0.25, 0.3) is 0 Å².